The van der Waals surface area contributed by atoms with Crippen LogP contribution in [0.15, 0.2) is 18.2 Å². The lowest BCUT2D eigenvalue weighted by atomic mass is 9.99. The van der Waals surface area contributed by atoms with Crippen LogP contribution >= 0.6 is 11.6 Å². The van der Waals surface area contributed by atoms with Gasteiger partial charge in [0.25, 0.3) is 0 Å². The predicted molar refractivity (Wildman–Crippen MR) is 66.6 cm³/mol. The first-order valence-electron chi connectivity index (χ1n) is 5.80. The fourth-order valence-corrected chi connectivity index (χ4v) is 2.59. The Bertz CT molecular complexity index is 367. The molecule has 0 saturated carbocycles. The number of hydrogen-bond donors (Lipinski definition) is 0. The maximum atomic E-state index is 13.1. The van der Waals surface area contributed by atoms with Crippen molar-refractivity contribution in [3.05, 3.63) is 29.6 Å². The second-order valence-electron chi connectivity index (χ2n) is 4.60. The quantitative estimate of drug-likeness (QED) is 0.712. The Morgan fingerprint density at radius 3 is 3.00 bits per heavy atom. The highest BCUT2D eigenvalue weighted by Gasteiger charge is 2.18. The number of alkyl halides is 1. The monoisotopic (exact) mass is 241 g/mol. The van der Waals surface area contributed by atoms with E-state index in [1.807, 2.05) is 6.07 Å². The molecular formula is C13H17ClFN. The van der Waals surface area contributed by atoms with Gasteiger partial charge in [0.1, 0.15) is 5.82 Å². The van der Waals surface area contributed by atoms with E-state index in [1.165, 1.54) is 18.9 Å². The van der Waals surface area contributed by atoms with E-state index < -0.39 is 0 Å². The van der Waals surface area contributed by atoms with Crippen molar-refractivity contribution in [3.63, 3.8) is 0 Å². The van der Waals surface area contributed by atoms with Crippen molar-refractivity contribution in [2.24, 2.45) is 5.92 Å². The second kappa shape index (κ2) is 5.05. The van der Waals surface area contributed by atoms with Crippen molar-refractivity contribution < 1.29 is 4.39 Å². The van der Waals surface area contributed by atoms with Gasteiger partial charge in [-0.05, 0) is 42.5 Å². The molecule has 0 amide bonds. The molecule has 2 rings (SSSR count). The van der Waals surface area contributed by atoms with Gasteiger partial charge in [-0.15, -0.1) is 11.6 Å². The highest BCUT2D eigenvalue weighted by Crippen LogP contribution is 2.27. The highest BCUT2D eigenvalue weighted by atomic mass is 35.5. The van der Waals surface area contributed by atoms with Crippen LogP contribution in [0.2, 0.25) is 0 Å². The Balaban J connectivity index is 2.24. The SMILES string of the molecule is CC1CCCN(c2ccc(F)cc2CCl)C1. The summed E-state index contributed by atoms with van der Waals surface area (Å²) in [5, 5.41) is 0. The first-order valence-corrected chi connectivity index (χ1v) is 6.33. The van der Waals surface area contributed by atoms with Crippen LogP contribution in [0.3, 0.4) is 0 Å². The standard InChI is InChI=1S/C13H17ClFN/c1-10-3-2-6-16(9-10)13-5-4-12(15)7-11(13)8-14/h4-5,7,10H,2-3,6,8-9H2,1H3. The summed E-state index contributed by atoms with van der Waals surface area (Å²) in [7, 11) is 0. The first-order chi connectivity index (χ1) is 7.70. The molecule has 1 aromatic rings. The fourth-order valence-electron chi connectivity index (χ4n) is 2.38. The van der Waals surface area contributed by atoms with Crippen LogP contribution in [-0.4, -0.2) is 13.1 Å². The lowest BCUT2D eigenvalue weighted by Gasteiger charge is -2.34. The number of anilines is 1. The Hall–Kier alpha value is -0.760. The van der Waals surface area contributed by atoms with Gasteiger partial charge in [0, 0.05) is 24.7 Å². The molecule has 0 N–H and O–H groups in total. The summed E-state index contributed by atoms with van der Waals surface area (Å²) in [6.07, 6.45) is 2.49. The molecule has 1 unspecified atom stereocenters. The maximum Gasteiger partial charge on any atom is 0.123 e. The number of rotatable bonds is 2. The van der Waals surface area contributed by atoms with E-state index in [4.69, 9.17) is 11.6 Å². The average Bonchev–Trinajstić information content (AvgIpc) is 2.28. The van der Waals surface area contributed by atoms with E-state index in [1.54, 1.807) is 6.07 Å². The Kier molecular flexibility index (Phi) is 3.70. The summed E-state index contributed by atoms with van der Waals surface area (Å²) in [5.41, 5.74) is 2.00. The van der Waals surface area contributed by atoms with Crippen molar-refractivity contribution in [3.8, 4) is 0 Å². The van der Waals surface area contributed by atoms with Gasteiger partial charge in [0.05, 0.1) is 0 Å². The largest absolute Gasteiger partial charge is 0.371 e. The van der Waals surface area contributed by atoms with Crippen molar-refractivity contribution in [1.82, 2.24) is 0 Å². The number of halogens is 2. The Labute approximate surface area is 101 Å². The molecule has 0 aliphatic carbocycles. The van der Waals surface area contributed by atoms with Gasteiger partial charge >= 0.3 is 0 Å². The van der Waals surface area contributed by atoms with Gasteiger partial charge in [0.2, 0.25) is 0 Å². The van der Waals surface area contributed by atoms with Crippen LogP contribution in [-0.2, 0) is 5.88 Å². The summed E-state index contributed by atoms with van der Waals surface area (Å²) in [6, 6.07) is 4.91. The molecular weight excluding hydrogens is 225 g/mol. The molecule has 0 spiro atoms. The molecule has 1 fully saturated rings. The van der Waals surface area contributed by atoms with Crippen LogP contribution in [0.4, 0.5) is 10.1 Å². The average molecular weight is 242 g/mol. The van der Waals surface area contributed by atoms with Gasteiger partial charge in [-0.25, -0.2) is 4.39 Å². The van der Waals surface area contributed by atoms with Gasteiger partial charge in [-0.1, -0.05) is 6.92 Å². The fraction of sp³-hybridized carbons (Fsp3) is 0.538. The molecule has 1 nitrogen and oxygen atoms in total. The minimum absolute atomic E-state index is 0.204. The van der Waals surface area contributed by atoms with Gasteiger partial charge in [-0.3, -0.25) is 0 Å². The molecule has 1 aromatic carbocycles. The summed E-state index contributed by atoms with van der Waals surface area (Å²) in [4.78, 5) is 2.32. The van der Waals surface area contributed by atoms with E-state index in [9.17, 15) is 4.39 Å². The van der Waals surface area contributed by atoms with Gasteiger partial charge in [0.15, 0.2) is 0 Å². The molecule has 16 heavy (non-hydrogen) atoms. The molecule has 1 heterocycles. The number of benzene rings is 1. The Morgan fingerprint density at radius 1 is 1.50 bits per heavy atom. The molecule has 0 radical (unpaired) electrons. The number of piperidine rings is 1. The normalized spacial score (nSPS) is 21.2. The topological polar surface area (TPSA) is 3.24 Å². The minimum Gasteiger partial charge on any atom is -0.371 e. The van der Waals surface area contributed by atoms with Crippen molar-refractivity contribution in [1.29, 1.82) is 0 Å². The number of hydrogen-bond acceptors (Lipinski definition) is 1. The summed E-state index contributed by atoms with van der Waals surface area (Å²) >= 11 is 5.87. The minimum atomic E-state index is -0.204. The molecule has 1 aliphatic rings. The lowest BCUT2D eigenvalue weighted by Crippen LogP contribution is -2.34. The van der Waals surface area contributed by atoms with E-state index in [0.717, 1.165) is 24.3 Å². The summed E-state index contributed by atoms with van der Waals surface area (Å²) in [5.74, 6) is 0.879. The second-order valence-corrected chi connectivity index (χ2v) is 4.87. The highest BCUT2D eigenvalue weighted by molar-refractivity contribution is 6.17. The van der Waals surface area contributed by atoms with E-state index in [0.29, 0.717) is 11.8 Å². The predicted octanol–water partition coefficient (Wildman–Crippen LogP) is 3.80. The lowest BCUT2D eigenvalue weighted by molar-refractivity contribution is 0.446. The van der Waals surface area contributed by atoms with Gasteiger partial charge in [-0.2, -0.15) is 0 Å². The zero-order valence-electron chi connectivity index (χ0n) is 9.55. The van der Waals surface area contributed by atoms with Crippen LogP contribution in [0.25, 0.3) is 0 Å². The van der Waals surface area contributed by atoms with E-state index in [-0.39, 0.29) is 5.82 Å². The van der Waals surface area contributed by atoms with Crippen LogP contribution < -0.4 is 4.90 Å². The van der Waals surface area contributed by atoms with Gasteiger partial charge < -0.3 is 4.90 Å². The molecule has 0 bridgehead atoms. The van der Waals surface area contributed by atoms with Crippen molar-refractivity contribution in [2.75, 3.05) is 18.0 Å². The zero-order valence-corrected chi connectivity index (χ0v) is 10.3. The first kappa shape index (κ1) is 11.7. The van der Waals surface area contributed by atoms with Crippen LogP contribution in [0, 0.1) is 11.7 Å². The smallest absolute Gasteiger partial charge is 0.123 e. The third kappa shape index (κ3) is 2.49. The zero-order chi connectivity index (χ0) is 11.5. The van der Waals surface area contributed by atoms with Crippen LogP contribution in [0.1, 0.15) is 25.3 Å². The molecule has 88 valence electrons. The van der Waals surface area contributed by atoms with E-state index in [2.05, 4.69) is 11.8 Å². The third-order valence-corrected chi connectivity index (χ3v) is 3.47. The third-order valence-electron chi connectivity index (χ3n) is 3.18. The maximum absolute atomic E-state index is 13.1. The van der Waals surface area contributed by atoms with Crippen molar-refractivity contribution in [2.45, 2.75) is 25.6 Å². The van der Waals surface area contributed by atoms with E-state index >= 15 is 0 Å². The van der Waals surface area contributed by atoms with Crippen molar-refractivity contribution >= 4 is 17.3 Å². The Morgan fingerprint density at radius 2 is 2.31 bits per heavy atom. The number of nitrogens with zero attached hydrogens (tertiary/aromatic N) is 1. The molecule has 1 atom stereocenters. The summed E-state index contributed by atoms with van der Waals surface area (Å²) < 4.78 is 13.1. The summed E-state index contributed by atoms with van der Waals surface area (Å²) in [6.45, 7) is 4.37. The molecule has 0 aromatic heterocycles. The van der Waals surface area contributed by atoms with Crippen LogP contribution in [0.5, 0.6) is 0 Å². The molecule has 1 saturated heterocycles. The molecule has 1 aliphatic heterocycles. The molecule has 3 heteroatoms.